The van der Waals surface area contributed by atoms with Crippen LogP contribution in [0.1, 0.15) is 19.3 Å². The van der Waals surface area contributed by atoms with Gasteiger partial charge in [-0.1, -0.05) is 0 Å². The molecule has 2 nitrogen and oxygen atoms in total. The van der Waals surface area contributed by atoms with Gasteiger partial charge in [0.25, 0.3) is 0 Å². The Morgan fingerprint density at radius 3 is 2.40 bits per heavy atom. The molecule has 0 aromatic rings. The average molecular weight is 142 g/mol. The van der Waals surface area contributed by atoms with E-state index in [2.05, 4.69) is 0 Å². The molecule has 0 unspecified atom stereocenters. The second kappa shape index (κ2) is 2.21. The molecule has 0 radical (unpaired) electrons. The first-order chi connectivity index (χ1) is 4.83. The van der Waals surface area contributed by atoms with Gasteiger partial charge >= 0.3 is 0 Å². The molecular formula is C8H14O2. The van der Waals surface area contributed by atoms with Crippen LogP contribution in [0, 0.1) is 11.8 Å². The number of fused-ring (bicyclic) bond motifs is 2. The minimum Gasteiger partial charge on any atom is -0.390 e. The summed E-state index contributed by atoms with van der Waals surface area (Å²) in [5, 5.41) is 9.55. The van der Waals surface area contributed by atoms with Crippen LogP contribution >= 0.6 is 0 Å². The zero-order valence-electron chi connectivity index (χ0n) is 6.29. The number of hydrogen-bond acceptors (Lipinski definition) is 2. The summed E-state index contributed by atoms with van der Waals surface area (Å²) >= 11 is 0. The number of ether oxygens (including phenoxy) is 1. The fraction of sp³-hybridized carbons (Fsp3) is 1.00. The number of aliphatic hydroxyl groups is 1. The van der Waals surface area contributed by atoms with Gasteiger partial charge in [0.05, 0.1) is 12.2 Å². The molecule has 0 heterocycles. The Bertz CT molecular complexity index is 133. The van der Waals surface area contributed by atoms with Crippen molar-refractivity contribution in [2.45, 2.75) is 31.5 Å². The molecule has 58 valence electrons. The van der Waals surface area contributed by atoms with Gasteiger partial charge in [-0.2, -0.15) is 0 Å². The van der Waals surface area contributed by atoms with E-state index < -0.39 is 0 Å². The lowest BCUT2D eigenvalue weighted by atomic mass is 9.95. The summed E-state index contributed by atoms with van der Waals surface area (Å²) in [5.74, 6) is 1.21. The molecule has 0 spiro atoms. The summed E-state index contributed by atoms with van der Waals surface area (Å²) in [4.78, 5) is 0. The van der Waals surface area contributed by atoms with Gasteiger partial charge in [-0.05, 0) is 31.1 Å². The van der Waals surface area contributed by atoms with Gasteiger partial charge in [-0.3, -0.25) is 0 Å². The van der Waals surface area contributed by atoms with Crippen molar-refractivity contribution in [3.8, 4) is 0 Å². The van der Waals surface area contributed by atoms with Crippen LogP contribution in [0.25, 0.3) is 0 Å². The van der Waals surface area contributed by atoms with Crippen molar-refractivity contribution in [1.29, 1.82) is 0 Å². The maximum absolute atomic E-state index is 9.55. The van der Waals surface area contributed by atoms with E-state index in [1.807, 2.05) is 0 Å². The Hall–Kier alpha value is -0.0800. The summed E-state index contributed by atoms with van der Waals surface area (Å²) in [6, 6.07) is 0. The van der Waals surface area contributed by atoms with Crippen LogP contribution in [0.2, 0.25) is 0 Å². The minimum atomic E-state index is -0.163. The molecule has 1 N–H and O–H groups in total. The van der Waals surface area contributed by atoms with Crippen molar-refractivity contribution >= 4 is 0 Å². The van der Waals surface area contributed by atoms with Gasteiger partial charge in [0.1, 0.15) is 0 Å². The monoisotopic (exact) mass is 142 g/mol. The zero-order chi connectivity index (χ0) is 7.14. The summed E-state index contributed by atoms with van der Waals surface area (Å²) in [6.07, 6.45) is 3.66. The normalized spacial score (nSPS) is 52.2. The third kappa shape index (κ3) is 0.722. The van der Waals surface area contributed by atoms with Gasteiger partial charge in [0.15, 0.2) is 0 Å². The largest absolute Gasteiger partial charge is 0.390 e. The summed E-state index contributed by atoms with van der Waals surface area (Å²) in [6.45, 7) is 0. The highest BCUT2D eigenvalue weighted by Gasteiger charge is 2.46. The van der Waals surface area contributed by atoms with Crippen molar-refractivity contribution in [3.05, 3.63) is 0 Å². The maximum Gasteiger partial charge on any atom is 0.0861 e. The van der Waals surface area contributed by atoms with E-state index in [4.69, 9.17) is 4.74 Å². The van der Waals surface area contributed by atoms with Crippen molar-refractivity contribution in [2.75, 3.05) is 7.11 Å². The summed E-state index contributed by atoms with van der Waals surface area (Å²) < 4.78 is 5.21. The number of methoxy groups -OCH3 is 1. The third-order valence-electron chi connectivity index (χ3n) is 3.07. The van der Waals surface area contributed by atoms with Crippen molar-refractivity contribution < 1.29 is 9.84 Å². The van der Waals surface area contributed by atoms with Gasteiger partial charge in [-0.25, -0.2) is 0 Å². The topological polar surface area (TPSA) is 29.5 Å². The summed E-state index contributed by atoms with van der Waals surface area (Å²) in [5.41, 5.74) is 0. The Morgan fingerprint density at radius 2 is 2.00 bits per heavy atom. The molecule has 2 aliphatic rings. The van der Waals surface area contributed by atoms with Crippen LogP contribution in [-0.4, -0.2) is 24.4 Å². The van der Waals surface area contributed by atoms with Crippen molar-refractivity contribution in [2.24, 2.45) is 11.8 Å². The number of hydrogen-bond donors (Lipinski definition) is 1. The lowest BCUT2D eigenvalue weighted by Gasteiger charge is -2.25. The quantitative estimate of drug-likeness (QED) is 0.586. The highest BCUT2D eigenvalue weighted by atomic mass is 16.5. The maximum atomic E-state index is 9.55. The first kappa shape index (κ1) is 6.62. The van der Waals surface area contributed by atoms with Crippen LogP contribution in [-0.2, 0) is 4.74 Å². The predicted octanol–water partition coefficient (Wildman–Crippen LogP) is 0.792. The van der Waals surface area contributed by atoms with Crippen LogP contribution < -0.4 is 0 Å². The summed E-state index contributed by atoms with van der Waals surface area (Å²) in [7, 11) is 1.70. The van der Waals surface area contributed by atoms with E-state index in [1.165, 1.54) is 19.3 Å². The fourth-order valence-electron chi connectivity index (χ4n) is 2.54. The fourth-order valence-corrected chi connectivity index (χ4v) is 2.54. The molecule has 2 heteroatoms. The van der Waals surface area contributed by atoms with Crippen LogP contribution in [0.3, 0.4) is 0 Å². The SMILES string of the molecule is CO[C@@H]1[C@@H]2CC[C@@H](C2)[C@H]1O. The van der Waals surface area contributed by atoms with Gasteiger partial charge in [0, 0.05) is 7.11 Å². The van der Waals surface area contributed by atoms with Gasteiger partial charge < -0.3 is 9.84 Å². The third-order valence-corrected chi connectivity index (χ3v) is 3.07. The standard InChI is InChI=1S/C8H14O2/c1-10-8-6-3-2-5(4-6)7(8)9/h5-9H,2-4H2,1H3/t5-,6+,7+,8+/m0/s1. The van der Waals surface area contributed by atoms with Crippen LogP contribution in [0.15, 0.2) is 0 Å². The van der Waals surface area contributed by atoms with E-state index >= 15 is 0 Å². The zero-order valence-corrected chi connectivity index (χ0v) is 6.29. The Labute approximate surface area is 61.2 Å². The molecule has 0 aromatic heterocycles. The smallest absolute Gasteiger partial charge is 0.0861 e. The van der Waals surface area contributed by atoms with Gasteiger partial charge in [0.2, 0.25) is 0 Å². The highest BCUT2D eigenvalue weighted by Crippen LogP contribution is 2.45. The first-order valence-corrected chi connectivity index (χ1v) is 4.04. The molecule has 2 saturated carbocycles. The molecule has 0 saturated heterocycles. The molecule has 4 atom stereocenters. The van der Waals surface area contributed by atoms with Gasteiger partial charge in [-0.15, -0.1) is 0 Å². The first-order valence-electron chi connectivity index (χ1n) is 4.04. The van der Waals surface area contributed by atoms with E-state index in [-0.39, 0.29) is 12.2 Å². The average Bonchev–Trinajstić information content (AvgIpc) is 2.46. The van der Waals surface area contributed by atoms with Crippen LogP contribution in [0.5, 0.6) is 0 Å². The number of aliphatic hydroxyl groups excluding tert-OH is 1. The molecule has 0 amide bonds. The Balaban J connectivity index is 2.10. The van der Waals surface area contributed by atoms with Crippen molar-refractivity contribution in [1.82, 2.24) is 0 Å². The lowest BCUT2D eigenvalue weighted by Crippen LogP contribution is -2.33. The molecular weight excluding hydrogens is 128 g/mol. The van der Waals surface area contributed by atoms with Crippen LogP contribution in [0.4, 0.5) is 0 Å². The second-order valence-corrected chi connectivity index (χ2v) is 3.52. The second-order valence-electron chi connectivity index (χ2n) is 3.52. The van der Waals surface area contributed by atoms with Crippen molar-refractivity contribution in [3.63, 3.8) is 0 Å². The molecule has 2 aliphatic carbocycles. The molecule has 0 aromatic carbocycles. The number of rotatable bonds is 1. The van der Waals surface area contributed by atoms with E-state index in [0.29, 0.717) is 11.8 Å². The van der Waals surface area contributed by atoms with E-state index in [0.717, 1.165) is 0 Å². The molecule has 0 aliphatic heterocycles. The highest BCUT2D eigenvalue weighted by molar-refractivity contribution is 4.97. The van der Waals surface area contributed by atoms with E-state index in [1.54, 1.807) is 7.11 Å². The Kier molecular flexibility index (Phi) is 1.46. The predicted molar refractivity (Wildman–Crippen MR) is 37.6 cm³/mol. The Morgan fingerprint density at radius 1 is 1.30 bits per heavy atom. The lowest BCUT2D eigenvalue weighted by molar-refractivity contribution is -0.0426. The molecule has 2 fully saturated rings. The molecule has 2 rings (SSSR count). The minimum absolute atomic E-state index is 0.152. The molecule has 2 bridgehead atoms. The molecule has 10 heavy (non-hydrogen) atoms. The van der Waals surface area contributed by atoms with E-state index in [9.17, 15) is 5.11 Å².